The molecule has 7 nitrogen and oxygen atoms in total. The van der Waals surface area contributed by atoms with Crippen molar-refractivity contribution in [1.29, 1.82) is 0 Å². The Morgan fingerprint density at radius 3 is 2.28 bits per heavy atom. The minimum atomic E-state index is -0.895. The number of benzene rings is 2. The van der Waals surface area contributed by atoms with Crippen LogP contribution in [0.1, 0.15) is 28.5 Å². The zero-order valence-electron chi connectivity index (χ0n) is 13.5. The van der Waals surface area contributed by atoms with Crippen molar-refractivity contribution in [3.8, 4) is 5.95 Å². The van der Waals surface area contributed by atoms with Gasteiger partial charge in [-0.25, -0.2) is 0 Å². The molecule has 1 heterocycles. The number of rotatable bonds is 5. The van der Waals surface area contributed by atoms with Gasteiger partial charge in [0.25, 0.3) is 11.7 Å². The largest absolute Gasteiger partial charge is 0.538 e. The lowest BCUT2D eigenvalue weighted by atomic mass is 10.1. The van der Waals surface area contributed by atoms with Crippen molar-refractivity contribution in [1.82, 2.24) is 5.27 Å². The van der Waals surface area contributed by atoms with Crippen LogP contribution in [0.3, 0.4) is 0 Å². The number of nitrogens with zero attached hydrogens (tertiary/aromatic N) is 3. The zero-order chi connectivity index (χ0) is 17.8. The molecule has 25 heavy (non-hydrogen) atoms. The lowest BCUT2D eigenvalue weighted by Crippen LogP contribution is -2.63. The summed E-state index contributed by atoms with van der Waals surface area (Å²) < 4.78 is 4.65. The Morgan fingerprint density at radius 2 is 1.68 bits per heavy atom. The summed E-state index contributed by atoms with van der Waals surface area (Å²) in [6.07, 6.45) is 0. The smallest absolute Gasteiger partial charge is 0.338 e. The van der Waals surface area contributed by atoms with Crippen molar-refractivity contribution < 1.29 is 24.0 Å². The summed E-state index contributed by atoms with van der Waals surface area (Å²) in [4.78, 5) is 25.7. The minimum Gasteiger partial charge on any atom is -0.538 e. The molecule has 0 atom stereocenters. The van der Waals surface area contributed by atoms with Crippen LogP contribution in [-0.4, -0.2) is 17.0 Å². The average Bonchev–Trinajstić information content (AvgIpc) is 3.01. The molecule has 126 valence electrons. The maximum absolute atomic E-state index is 12.7. The summed E-state index contributed by atoms with van der Waals surface area (Å²) >= 11 is 0. The van der Waals surface area contributed by atoms with Crippen molar-refractivity contribution in [2.24, 2.45) is 0 Å². The molecule has 3 aromatic rings. The number of carbonyl (C=O) groups excluding carboxylic acids is 2. The highest BCUT2D eigenvalue weighted by atomic mass is 16.6. The Hall–Kier alpha value is -3.48. The summed E-state index contributed by atoms with van der Waals surface area (Å²) in [5, 5.41) is 16.8. The first-order valence-electron chi connectivity index (χ1n) is 7.59. The quantitative estimate of drug-likeness (QED) is 0.511. The van der Waals surface area contributed by atoms with Gasteiger partial charge in [-0.2, -0.15) is 0 Å². The Labute approximate surface area is 143 Å². The summed E-state index contributed by atoms with van der Waals surface area (Å²) in [6.45, 7) is 1.47. The average molecular weight is 337 g/mol. The number of carbonyl (C=O) groups is 2. The number of hydrogen-bond acceptors (Lipinski definition) is 5. The van der Waals surface area contributed by atoms with Crippen LogP contribution >= 0.6 is 0 Å². The zero-order valence-corrected chi connectivity index (χ0v) is 13.5. The van der Waals surface area contributed by atoms with Crippen LogP contribution in [0.5, 0.6) is 5.95 Å². The fourth-order valence-electron chi connectivity index (χ4n) is 2.38. The molecule has 0 saturated carbocycles. The first-order chi connectivity index (χ1) is 12.1. The second-order valence-electron chi connectivity index (χ2n) is 5.36. The second-order valence-corrected chi connectivity index (χ2v) is 5.36. The highest BCUT2D eigenvalue weighted by molar-refractivity contribution is 6.07. The lowest BCUT2D eigenvalue weighted by Gasteiger charge is -2.12. The Morgan fingerprint density at radius 1 is 1.08 bits per heavy atom. The molecule has 7 heteroatoms. The maximum atomic E-state index is 12.7. The minimum absolute atomic E-state index is 0.141. The Balaban J connectivity index is 2.01. The van der Waals surface area contributed by atoms with E-state index in [0.717, 1.165) is 10.4 Å². The molecular weight excluding hydrogens is 322 g/mol. The second kappa shape index (κ2) is 6.96. The van der Waals surface area contributed by atoms with Crippen LogP contribution in [-0.2, 0) is 11.3 Å². The van der Waals surface area contributed by atoms with Gasteiger partial charge in [-0.15, -0.1) is 0 Å². The van der Waals surface area contributed by atoms with Gasteiger partial charge in [0.05, 0.1) is 4.79 Å². The third-order valence-corrected chi connectivity index (χ3v) is 3.61. The van der Waals surface area contributed by atoms with Crippen LogP contribution in [0.2, 0.25) is 0 Å². The normalized spacial score (nSPS) is 10.4. The molecule has 0 N–H and O–H groups in total. The summed E-state index contributed by atoms with van der Waals surface area (Å²) in [6, 6.07) is 17.4. The number of amides is 1. The molecule has 2 aromatic carbocycles. The standard InChI is InChI=1S/C18H15N3O4/c1-13(22)20(12-14-8-4-2-5-9-14)21-16(18(24)25-19-21)17(23)15-10-6-3-7-11-15/h2-11H,12H2,1H3. The topological polar surface area (TPSA) is 90.3 Å². The SMILES string of the molecule is CC(=O)N(Cc1ccccc1)[n+]1noc([O-])c1C(=O)c1ccccc1. The number of hydrogen-bond donors (Lipinski definition) is 0. The van der Waals surface area contributed by atoms with Gasteiger partial charge >= 0.3 is 5.69 Å². The third-order valence-electron chi connectivity index (χ3n) is 3.61. The van der Waals surface area contributed by atoms with Crippen molar-refractivity contribution >= 4 is 11.7 Å². The molecule has 0 radical (unpaired) electrons. The first kappa shape index (κ1) is 16.4. The summed E-state index contributed by atoms with van der Waals surface area (Å²) in [7, 11) is 0. The lowest BCUT2D eigenvalue weighted by molar-refractivity contribution is -0.752. The van der Waals surface area contributed by atoms with Crippen LogP contribution in [0.4, 0.5) is 0 Å². The van der Waals surface area contributed by atoms with Gasteiger partial charge in [0.1, 0.15) is 11.8 Å². The highest BCUT2D eigenvalue weighted by Gasteiger charge is 2.34. The molecule has 0 aliphatic rings. The van der Waals surface area contributed by atoms with Gasteiger partial charge < -0.3 is 9.63 Å². The predicted octanol–water partition coefficient (Wildman–Crippen LogP) is 0.951. The van der Waals surface area contributed by atoms with E-state index >= 15 is 0 Å². The Bertz CT molecular complexity index is 891. The molecule has 0 fully saturated rings. The monoisotopic (exact) mass is 337 g/mol. The van der Waals surface area contributed by atoms with Crippen molar-refractivity contribution in [3.05, 3.63) is 77.5 Å². The molecule has 1 aromatic heterocycles. The molecule has 0 aliphatic carbocycles. The van der Waals surface area contributed by atoms with Gasteiger partial charge in [-0.05, 0) is 5.56 Å². The van der Waals surface area contributed by atoms with Crippen molar-refractivity contribution in [2.75, 3.05) is 5.01 Å². The molecule has 1 amide bonds. The van der Waals surface area contributed by atoms with E-state index in [4.69, 9.17) is 0 Å². The fraction of sp³-hybridized carbons (Fsp3) is 0.111. The molecule has 0 unspecified atom stereocenters. The number of aromatic nitrogens is 2. The van der Waals surface area contributed by atoms with E-state index in [2.05, 4.69) is 9.79 Å². The van der Waals surface area contributed by atoms with Crippen molar-refractivity contribution in [3.63, 3.8) is 0 Å². The molecule has 0 aliphatic heterocycles. The van der Waals surface area contributed by atoms with Crippen LogP contribution < -0.4 is 14.9 Å². The van der Waals surface area contributed by atoms with E-state index in [1.54, 1.807) is 30.3 Å². The van der Waals surface area contributed by atoms with E-state index in [1.807, 2.05) is 30.3 Å². The summed E-state index contributed by atoms with van der Waals surface area (Å²) in [5.41, 5.74) is 0.802. The van der Waals surface area contributed by atoms with Crippen LogP contribution in [0.25, 0.3) is 0 Å². The third kappa shape index (κ3) is 3.40. The van der Waals surface area contributed by atoms with E-state index in [-0.39, 0.29) is 18.1 Å². The molecular formula is C18H15N3O4. The number of ketones is 1. The predicted molar refractivity (Wildman–Crippen MR) is 85.1 cm³/mol. The molecule has 0 spiro atoms. The fourth-order valence-corrected chi connectivity index (χ4v) is 2.38. The van der Waals surface area contributed by atoms with Gasteiger partial charge in [0.15, 0.2) is 5.95 Å². The molecule has 0 saturated heterocycles. The van der Waals surface area contributed by atoms with E-state index < -0.39 is 11.7 Å². The van der Waals surface area contributed by atoms with Gasteiger partial charge in [-0.3, -0.25) is 9.59 Å². The Kier molecular flexibility index (Phi) is 4.56. The van der Waals surface area contributed by atoms with E-state index in [1.165, 1.54) is 11.9 Å². The van der Waals surface area contributed by atoms with Crippen LogP contribution in [0, 0.1) is 0 Å². The van der Waals surface area contributed by atoms with E-state index in [9.17, 15) is 14.7 Å². The van der Waals surface area contributed by atoms with Gasteiger partial charge in [-0.1, -0.05) is 65.7 Å². The van der Waals surface area contributed by atoms with Crippen LogP contribution in [0.15, 0.2) is 65.2 Å². The van der Waals surface area contributed by atoms with Gasteiger partial charge in [0.2, 0.25) is 0 Å². The highest BCUT2D eigenvalue weighted by Crippen LogP contribution is 2.14. The van der Waals surface area contributed by atoms with Gasteiger partial charge in [0, 0.05) is 12.5 Å². The molecule has 3 rings (SSSR count). The van der Waals surface area contributed by atoms with E-state index in [0.29, 0.717) is 5.56 Å². The molecule has 0 bridgehead atoms. The maximum Gasteiger partial charge on any atom is 0.338 e. The first-order valence-corrected chi connectivity index (χ1v) is 7.59. The van der Waals surface area contributed by atoms with Crippen molar-refractivity contribution in [2.45, 2.75) is 13.5 Å². The summed E-state index contributed by atoms with van der Waals surface area (Å²) in [5.74, 6) is -1.84.